The Morgan fingerprint density at radius 3 is 2.52 bits per heavy atom. The van der Waals surface area contributed by atoms with E-state index in [9.17, 15) is 13.6 Å². The van der Waals surface area contributed by atoms with Gasteiger partial charge >= 0.3 is 0 Å². The van der Waals surface area contributed by atoms with Crippen LogP contribution in [0.2, 0.25) is 0 Å². The van der Waals surface area contributed by atoms with Crippen molar-refractivity contribution in [2.75, 3.05) is 62.8 Å². The van der Waals surface area contributed by atoms with E-state index in [2.05, 4.69) is 30.5 Å². The molecule has 212 valence electrons. The highest BCUT2D eigenvalue weighted by molar-refractivity contribution is 6.19. The van der Waals surface area contributed by atoms with Crippen LogP contribution >= 0.6 is 11.6 Å². The Bertz CT molecular complexity index is 1530. The number of carbonyl (C=O) groups excluding carboxylic acids is 1. The zero-order chi connectivity index (χ0) is 29.0. The van der Waals surface area contributed by atoms with Crippen LogP contribution in [0.25, 0.3) is 22.6 Å². The SMILES string of the molecule is COc1cc(N(C)CCN(C)C)c(NC(=O)CCCl)cc1Nc1nccc(-c2nc3cc(F)c(F)cc3n2C)n1. The first kappa shape index (κ1) is 29.0. The van der Waals surface area contributed by atoms with E-state index in [0.717, 1.165) is 24.4 Å². The molecule has 0 saturated heterocycles. The van der Waals surface area contributed by atoms with Crippen LogP contribution < -0.4 is 20.3 Å². The summed E-state index contributed by atoms with van der Waals surface area (Å²) in [6.07, 6.45) is 1.71. The van der Waals surface area contributed by atoms with Crippen molar-refractivity contribution >= 4 is 51.6 Å². The molecule has 13 heteroatoms. The number of methoxy groups -OCH3 is 1. The lowest BCUT2D eigenvalue weighted by atomic mass is 10.2. The highest BCUT2D eigenvalue weighted by Gasteiger charge is 2.19. The van der Waals surface area contributed by atoms with E-state index < -0.39 is 11.6 Å². The molecule has 4 aromatic rings. The molecule has 0 aliphatic heterocycles. The van der Waals surface area contributed by atoms with Crippen molar-refractivity contribution in [2.45, 2.75) is 6.42 Å². The predicted molar refractivity (Wildman–Crippen MR) is 154 cm³/mol. The molecule has 0 radical (unpaired) electrons. The van der Waals surface area contributed by atoms with Crippen LogP contribution in [0.5, 0.6) is 5.75 Å². The molecule has 2 heterocycles. The molecule has 4 rings (SSSR count). The van der Waals surface area contributed by atoms with E-state index in [-0.39, 0.29) is 24.2 Å². The number of aromatic nitrogens is 4. The number of carbonyl (C=O) groups is 1. The number of aryl methyl sites for hydroxylation is 1. The van der Waals surface area contributed by atoms with Crippen molar-refractivity contribution in [1.29, 1.82) is 0 Å². The van der Waals surface area contributed by atoms with Crippen molar-refractivity contribution in [1.82, 2.24) is 24.4 Å². The molecule has 2 N–H and O–H groups in total. The van der Waals surface area contributed by atoms with Crippen LogP contribution in [0.1, 0.15) is 6.42 Å². The summed E-state index contributed by atoms with van der Waals surface area (Å²) in [4.78, 5) is 29.9. The second kappa shape index (κ2) is 12.4. The number of hydrogen-bond acceptors (Lipinski definition) is 8. The highest BCUT2D eigenvalue weighted by atomic mass is 35.5. The minimum absolute atomic E-state index is 0.161. The van der Waals surface area contributed by atoms with Gasteiger partial charge in [0, 0.05) is 63.9 Å². The van der Waals surface area contributed by atoms with Crippen LogP contribution in [0.3, 0.4) is 0 Å². The van der Waals surface area contributed by atoms with Crippen molar-refractivity contribution in [3.63, 3.8) is 0 Å². The van der Waals surface area contributed by atoms with Gasteiger partial charge in [-0.05, 0) is 26.2 Å². The first-order chi connectivity index (χ1) is 19.1. The fourth-order valence-electron chi connectivity index (χ4n) is 4.10. The van der Waals surface area contributed by atoms with Crippen LogP contribution in [0, 0.1) is 11.6 Å². The van der Waals surface area contributed by atoms with E-state index in [4.69, 9.17) is 16.3 Å². The second-order valence-corrected chi connectivity index (χ2v) is 9.80. The van der Waals surface area contributed by atoms with Gasteiger partial charge in [0.15, 0.2) is 17.5 Å². The van der Waals surface area contributed by atoms with Gasteiger partial charge in [0.2, 0.25) is 11.9 Å². The number of rotatable bonds is 11. The van der Waals surface area contributed by atoms with Crippen LogP contribution in [-0.2, 0) is 11.8 Å². The maximum absolute atomic E-state index is 13.8. The van der Waals surface area contributed by atoms with Gasteiger partial charge in [0.05, 0.1) is 35.2 Å². The smallest absolute Gasteiger partial charge is 0.227 e. The van der Waals surface area contributed by atoms with Crippen molar-refractivity contribution in [3.05, 3.63) is 48.2 Å². The predicted octanol–water partition coefficient (Wildman–Crippen LogP) is 4.63. The summed E-state index contributed by atoms with van der Waals surface area (Å²) < 4.78 is 34.9. The summed E-state index contributed by atoms with van der Waals surface area (Å²) in [5.74, 6) is -0.814. The number of halogens is 3. The van der Waals surface area contributed by atoms with Gasteiger partial charge in [0.1, 0.15) is 11.4 Å². The second-order valence-electron chi connectivity index (χ2n) is 9.42. The number of benzene rings is 2. The monoisotopic (exact) mass is 572 g/mol. The quantitative estimate of drug-likeness (QED) is 0.251. The third kappa shape index (κ3) is 6.40. The third-order valence-corrected chi connectivity index (χ3v) is 6.45. The summed E-state index contributed by atoms with van der Waals surface area (Å²) in [6.45, 7) is 1.51. The molecule has 1 amide bonds. The maximum atomic E-state index is 13.8. The molecule has 0 atom stereocenters. The number of fused-ring (bicyclic) bond motifs is 1. The fourth-order valence-corrected chi connectivity index (χ4v) is 4.27. The molecule has 0 bridgehead atoms. The molecule has 0 saturated carbocycles. The summed E-state index contributed by atoms with van der Waals surface area (Å²) in [7, 11) is 9.15. The van der Waals surface area contributed by atoms with Crippen molar-refractivity contribution < 1.29 is 18.3 Å². The zero-order valence-corrected chi connectivity index (χ0v) is 23.7. The molecule has 0 fully saturated rings. The summed E-state index contributed by atoms with van der Waals surface area (Å²) in [5, 5.41) is 6.10. The van der Waals surface area contributed by atoms with Gasteiger partial charge in [-0.3, -0.25) is 4.79 Å². The first-order valence-corrected chi connectivity index (χ1v) is 13.0. The van der Waals surface area contributed by atoms with Gasteiger partial charge in [-0.15, -0.1) is 11.6 Å². The van der Waals surface area contributed by atoms with Gasteiger partial charge in [-0.25, -0.2) is 23.7 Å². The Hall–Kier alpha value is -4.03. The summed E-state index contributed by atoms with van der Waals surface area (Å²) in [5.41, 5.74) is 3.01. The Morgan fingerprint density at radius 2 is 1.82 bits per heavy atom. The van der Waals surface area contributed by atoms with Crippen LogP contribution in [-0.4, -0.2) is 77.5 Å². The molecule has 2 aromatic heterocycles. The topological polar surface area (TPSA) is 100 Å². The summed E-state index contributed by atoms with van der Waals surface area (Å²) in [6, 6.07) is 7.38. The maximum Gasteiger partial charge on any atom is 0.227 e. The summed E-state index contributed by atoms with van der Waals surface area (Å²) >= 11 is 5.78. The van der Waals surface area contributed by atoms with Crippen LogP contribution in [0.15, 0.2) is 36.5 Å². The number of likely N-dealkylation sites (N-methyl/N-ethyl adjacent to an activating group) is 2. The Balaban J connectivity index is 1.70. The van der Waals surface area contributed by atoms with Gasteiger partial charge in [-0.2, -0.15) is 0 Å². The molecule has 0 aliphatic carbocycles. The first-order valence-electron chi connectivity index (χ1n) is 12.5. The van der Waals surface area contributed by atoms with E-state index in [1.165, 1.54) is 0 Å². The number of ether oxygens (including phenoxy) is 1. The number of alkyl halides is 1. The highest BCUT2D eigenvalue weighted by Crippen LogP contribution is 2.38. The number of hydrogen-bond donors (Lipinski definition) is 2. The van der Waals surface area contributed by atoms with Crippen LogP contribution in [0.4, 0.5) is 31.8 Å². The average molecular weight is 573 g/mol. The van der Waals surface area contributed by atoms with E-state index in [0.29, 0.717) is 46.2 Å². The lowest BCUT2D eigenvalue weighted by Crippen LogP contribution is -2.29. The molecule has 10 nitrogen and oxygen atoms in total. The minimum Gasteiger partial charge on any atom is -0.494 e. The number of anilines is 4. The lowest BCUT2D eigenvalue weighted by Gasteiger charge is -2.26. The largest absolute Gasteiger partial charge is 0.494 e. The number of imidazole rings is 1. The Morgan fingerprint density at radius 1 is 1.07 bits per heavy atom. The molecule has 40 heavy (non-hydrogen) atoms. The number of nitrogens with one attached hydrogen (secondary N) is 2. The third-order valence-electron chi connectivity index (χ3n) is 6.26. The van der Waals surface area contributed by atoms with Gasteiger partial charge < -0.3 is 29.7 Å². The zero-order valence-electron chi connectivity index (χ0n) is 22.9. The van der Waals surface area contributed by atoms with Crippen molar-refractivity contribution in [2.24, 2.45) is 7.05 Å². The molecular formula is C27H31ClF2N8O2. The molecule has 0 aliphatic rings. The minimum atomic E-state index is -0.973. The van der Waals surface area contributed by atoms with E-state index in [1.54, 1.807) is 37.1 Å². The Kier molecular flexibility index (Phi) is 9.00. The molecule has 2 aromatic carbocycles. The normalized spacial score (nSPS) is 11.2. The molecular weight excluding hydrogens is 542 g/mol. The standard InChI is InChI=1S/C27H31ClF2N8O2/c1-36(2)10-11-37(3)22-15-24(40-5)21(14-20(22)32-25(39)6-8-28)35-27-31-9-7-18(34-27)26-33-19-12-16(29)17(30)13-23(19)38(26)4/h7,9,12-15H,6,8,10-11H2,1-5H3,(H,32,39)(H,31,34,35). The average Bonchev–Trinajstić information content (AvgIpc) is 3.23. The molecule has 0 spiro atoms. The Labute approximate surface area is 235 Å². The number of nitrogens with zero attached hydrogens (tertiary/aromatic N) is 6. The number of amides is 1. The lowest BCUT2D eigenvalue weighted by molar-refractivity contribution is -0.115. The van der Waals surface area contributed by atoms with Gasteiger partial charge in [0.25, 0.3) is 0 Å². The van der Waals surface area contributed by atoms with E-state index >= 15 is 0 Å². The van der Waals surface area contributed by atoms with Gasteiger partial charge in [-0.1, -0.05) is 0 Å². The molecule has 0 unspecified atom stereocenters. The van der Waals surface area contributed by atoms with E-state index in [1.807, 2.05) is 32.1 Å². The fraction of sp³-hybridized carbons (Fsp3) is 0.333. The van der Waals surface area contributed by atoms with Crippen molar-refractivity contribution in [3.8, 4) is 17.3 Å².